The lowest BCUT2D eigenvalue weighted by Crippen LogP contribution is -2.42. The number of fused-ring (bicyclic) bond motifs is 2. The predicted molar refractivity (Wildman–Crippen MR) is 96.8 cm³/mol. The molecule has 2 aliphatic rings. The third-order valence-corrected chi connectivity index (χ3v) is 5.17. The average Bonchev–Trinajstić information content (AvgIpc) is 2.93. The lowest BCUT2D eigenvalue weighted by molar-refractivity contribution is 0.100. The molecule has 2 bridgehead atoms. The van der Waals surface area contributed by atoms with Gasteiger partial charge in [0.25, 0.3) is 0 Å². The van der Waals surface area contributed by atoms with Crippen LogP contribution in [0.4, 0.5) is 0 Å². The Morgan fingerprint density at radius 2 is 1.92 bits per heavy atom. The normalized spacial score (nSPS) is 24.9. The Kier molecular flexibility index (Phi) is 4.36. The summed E-state index contributed by atoms with van der Waals surface area (Å²) in [5.41, 5.74) is 7.15. The van der Waals surface area contributed by atoms with Crippen molar-refractivity contribution in [1.29, 1.82) is 0 Å². The fourth-order valence-corrected chi connectivity index (χ4v) is 4.06. The van der Waals surface area contributed by atoms with Crippen molar-refractivity contribution < 1.29 is 9.53 Å². The number of halogens is 1. The number of nitrogens with one attached hydrogen (secondary N) is 1. The van der Waals surface area contributed by atoms with E-state index in [1.54, 1.807) is 24.3 Å². The van der Waals surface area contributed by atoms with Gasteiger partial charge >= 0.3 is 0 Å². The third-order valence-electron chi connectivity index (χ3n) is 4.95. The van der Waals surface area contributed by atoms with Crippen LogP contribution in [-0.2, 0) is 0 Å². The first-order valence-electron chi connectivity index (χ1n) is 8.58. The van der Waals surface area contributed by atoms with E-state index in [2.05, 4.69) is 10.3 Å². The van der Waals surface area contributed by atoms with E-state index >= 15 is 0 Å². The summed E-state index contributed by atoms with van der Waals surface area (Å²) in [6.45, 7) is 0. The Morgan fingerprint density at radius 3 is 2.64 bits per heavy atom. The maximum absolute atomic E-state index is 11.7. The van der Waals surface area contributed by atoms with E-state index < -0.39 is 5.91 Å². The topological polar surface area (TPSA) is 77.2 Å². The van der Waals surface area contributed by atoms with E-state index in [1.165, 1.54) is 12.8 Å². The zero-order valence-corrected chi connectivity index (χ0v) is 14.5. The maximum Gasteiger partial charge on any atom is 0.249 e. The van der Waals surface area contributed by atoms with Crippen molar-refractivity contribution in [3.8, 4) is 17.1 Å². The van der Waals surface area contributed by atoms with Crippen LogP contribution in [0.5, 0.6) is 5.88 Å². The van der Waals surface area contributed by atoms with Crippen molar-refractivity contribution in [3.63, 3.8) is 0 Å². The summed E-state index contributed by atoms with van der Waals surface area (Å²) in [5, 5.41) is 4.12. The number of amides is 1. The molecule has 0 spiro atoms. The second-order valence-electron chi connectivity index (χ2n) is 6.77. The quantitative estimate of drug-likeness (QED) is 0.881. The first-order valence-corrected chi connectivity index (χ1v) is 8.96. The number of primary amides is 1. The van der Waals surface area contributed by atoms with Crippen LogP contribution in [0.25, 0.3) is 11.3 Å². The van der Waals surface area contributed by atoms with E-state index in [1.807, 2.05) is 12.1 Å². The Hall–Kier alpha value is -2.11. The summed E-state index contributed by atoms with van der Waals surface area (Å²) in [6.07, 6.45) is 4.54. The molecule has 2 aromatic rings. The fourth-order valence-electron chi connectivity index (χ4n) is 3.87. The number of ether oxygens (including phenoxy) is 1. The molecule has 1 amide bonds. The van der Waals surface area contributed by atoms with Gasteiger partial charge in [-0.2, -0.15) is 0 Å². The number of hydrogen-bond donors (Lipinski definition) is 2. The molecule has 0 saturated carbocycles. The monoisotopic (exact) mass is 357 g/mol. The number of nitrogens with zero attached hydrogens (tertiary/aromatic N) is 1. The Morgan fingerprint density at radius 1 is 1.20 bits per heavy atom. The molecule has 1 aromatic heterocycles. The van der Waals surface area contributed by atoms with Crippen LogP contribution in [0.3, 0.4) is 0 Å². The van der Waals surface area contributed by atoms with Gasteiger partial charge in [0, 0.05) is 34.3 Å². The fraction of sp³-hybridized carbons (Fsp3) is 0.368. The van der Waals surface area contributed by atoms with E-state index in [-0.39, 0.29) is 6.10 Å². The van der Waals surface area contributed by atoms with Crippen LogP contribution < -0.4 is 15.8 Å². The molecule has 0 unspecified atom stereocenters. The van der Waals surface area contributed by atoms with E-state index in [0.717, 1.165) is 12.8 Å². The summed E-state index contributed by atoms with van der Waals surface area (Å²) in [5.74, 6) is 0.00264. The van der Waals surface area contributed by atoms with Gasteiger partial charge in [0.1, 0.15) is 6.10 Å². The average molecular weight is 358 g/mol. The van der Waals surface area contributed by atoms with Crippen LogP contribution in [-0.4, -0.2) is 29.1 Å². The molecule has 0 radical (unpaired) electrons. The molecule has 2 saturated heterocycles. The second kappa shape index (κ2) is 6.65. The Balaban J connectivity index is 1.62. The molecule has 3 atom stereocenters. The molecule has 25 heavy (non-hydrogen) atoms. The number of hydrogen-bond acceptors (Lipinski definition) is 4. The zero-order chi connectivity index (χ0) is 17.4. The number of pyridine rings is 1. The van der Waals surface area contributed by atoms with Crippen LogP contribution in [0.1, 0.15) is 36.0 Å². The summed E-state index contributed by atoms with van der Waals surface area (Å²) in [4.78, 5) is 16.3. The molecule has 4 rings (SSSR count). The smallest absolute Gasteiger partial charge is 0.249 e. The molecular formula is C19H20ClN3O2. The number of carbonyl (C=O) groups is 1. The summed E-state index contributed by atoms with van der Waals surface area (Å²) in [7, 11) is 0. The zero-order valence-electron chi connectivity index (χ0n) is 13.7. The molecular weight excluding hydrogens is 338 g/mol. The number of piperidine rings is 1. The lowest BCUT2D eigenvalue weighted by Gasteiger charge is -2.29. The van der Waals surface area contributed by atoms with Crippen molar-refractivity contribution in [3.05, 3.63) is 47.0 Å². The van der Waals surface area contributed by atoms with E-state index in [0.29, 0.717) is 39.8 Å². The van der Waals surface area contributed by atoms with E-state index in [4.69, 9.17) is 22.1 Å². The number of carbonyl (C=O) groups excluding carboxylic acids is 1. The molecule has 0 aliphatic carbocycles. The minimum Gasteiger partial charge on any atom is -0.474 e. The molecule has 2 fully saturated rings. The van der Waals surface area contributed by atoms with Crippen molar-refractivity contribution in [1.82, 2.24) is 10.3 Å². The molecule has 130 valence electrons. The SMILES string of the molecule is NC(=O)c1ccccc1-c1cc(Cl)cc(O[C@@H]2C[C@H]3CC[C@@H](C2)N3)n1. The second-order valence-corrected chi connectivity index (χ2v) is 7.20. The van der Waals surface area contributed by atoms with Gasteiger partial charge in [-0.3, -0.25) is 4.79 Å². The van der Waals surface area contributed by atoms with Crippen LogP contribution in [0, 0.1) is 0 Å². The van der Waals surface area contributed by atoms with E-state index in [9.17, 15) is 4.79 Å². The van der Waals surface area contributed by atoms with Gasteiger partial charge in [-0.05, 0) is 37.8 Å². The molecule has 3 N–H and O–H groups in total. The minimum atomic E-state index is -0.491. The van der Waals surface area contributed by atoms with Crippen LogP contribution in [0.15, 0.2) is 36.4 Å². The van der Waals surface area contributed by atoms with Crippen molar-refractivity contribution in [2.45, 2.75) is 43.9 Å². The molecule has 6 heteroatoms. The molecule has 5 nitrogen and oxygen atoms in total. The molecule has 2 aliphatic heterocycles. The van der Waals surface area contributed by atoms with Crippen molar-refractivity contribution in [2.24, 2.45) is 5.73 Å². The summed E-state index contributed by atoms with van der Waals surface area (Å²) < 4.78 is 6.13. The first-order chi connectivity index (χ1) is 12.1. The number of nitrogens with two attached hydrogens (primary N) is 1. The molecule has 1 aromatic carbocycles. The van der Waals surface area contributed by atoms with Crippen molar-refractivity contribution in [2.75, 3.05) is 0 Å². The van der Waals surface area contributed by atoms with Gasteiger partial charge in [-0.25, -0.2) is 4.98 Å². The van der Waals surface area contributed by atoms with Gasteiger partial charge in [0.15, 0.2) is 0 Å². The molecule has 3 heterocycles. The highest BCUT2D eigenvalue weighted by Gasteiger charge is 2.34. The largest absolute Gasteiger partial charge is 0.474 e. The predicted octanol–water partition coefficient (Wildman–Crippen LogP) is 3.16. The lowest BCUT2D eigenvalue weighted by atomic mass is 10.0. The van der Waals surface area contributed by atoms with Crippen LogP contribution in [0.2, 0.25) is 5.02 Å². The standard InChI is InChI=1S/C19H20ClN3O2/c20-11-7-17(15-3-1-2-4-16(15)19(21)24)23-18(8-11)25-14-9-12-5-6-13(10-14)22-12/h1-4,7-8,12-14,22H,5-6,9-10H2,(H2,21,24)/t12-,13+,14-. The maximum atomic E-state index is 11.7. The van der Waals surface area contributed by atoms with Gasteiger partial charge in [-0.15, -0.1) is 0 Å². The highest BCUT2D eigenvalue weighted by molar-refractivity contribution is 6.31. The highest BCUT2D eigenvalue weighted by atomic mass is 35.5. The van der Waals surface area contributed by atoms with Gasteiger partial charge < -0.3 is 15.8 Å². The number of aromatic nitrogens is 1. The number of rotatable bonds is 4. The van der Waals surface area contributed by atoms with Crippen LogP contribution >= 0.6 is 11.6 Å². The minimum absolute atomic E-state index is 0.143. The summed E-state index contributed by atoms with van der Waals surface area (Å²) >= 11 is 6.27. The Labute approximate surface area is 151 Å². The van der Waals surface area contributed by atoms with Crippen molar-refractivity contribution >= 4 is 17.5 Å². The van der Waals surface area contributed by atoms with Gasteiger partial charge in [0.2, 0.25) is 11.8 Å². The highest BCUT2D eigenvalue weighted by Crippen LogP contribution is 2.32. The summed E-state index contributed by atoms with van der Waals surface area (Å²) in [6, 6.07) is 11.6. The van der Waals surface area contributed by atoms with Gasteiger partial charge in [-0.1, -0.05) is 29.8 Å². The third kappa shape index (κ3) is 3.48. The number of benzene rings is 1. The Bertz CT molecular complexity index is 799. The first kappa shape index (κ1) is 16.4. The van der Waals surface area contributed by atoms with Gasteiger partial charge in [0.05, 0.1) is 5.69 Å².